The van der Waals surface area contributed by atoms with Crippen molar-refractivity contribution >= 4 is 63.9 Å². The fourth-order valence-corrected chi connectivity index (χ4v) is 2.07. The summed E-state index contributed by atoms with van der Waals surface area (Å²) in [6.07, 6.45) is -0.194. The molecule has 112 valence electrons. The van der Waals surface area contributed by atoms with Gasteiger partial charge < -0.3 is 10.1 Å². The van der Waals surface area contributed by atoms with Gasteiger partial charge in [0.1, 0.15) is 5.75 Å². The molecule has 0 saturated carbocycles. The second-order valence-corrected chi connectivity index (χ2v) is 7.14. The molecule has 1 aromatic carbocycles. The second kappa shape index (κ2) is 7.81. The molecular formula is C12H12Cl5NO2. The number of nitrogens with one attached hydrogen (secondary N) is 1. The second-order valence-electron chi connectivity index (χ2n) is 3.93. The van der Waals surface area contributed by atoms with Crippen LogP contribution in [-0.2, 0) is 4.79 Å². The monoisotopic (exact) mass is 377 g/mol. The highest BCUT2D eigenvalue weighted by Crippen LogP contribution is 2.35. The lowest BCUT2D eigenvalue weighted by Crippen LogP contribution is -2.47. The van der Waals surface area contributed by atoms with Gasteiger partial charge in [-0.2, -0.15) is 0 Å². The lowest BCUT2D eigenvalue weighted by Gasteiger charge is -2.26. The molecule has 0 spiro atoms. The number of rotatable bonds is 5. The van der Waals surface area contributed by atoms with E-state index in [9.17, 15) is 4.79 Å². The Morgan fingerprint density at radius 2 is 2.00 bits per heavy atom. The number of carbonyl (C=O) groups excluding carboxylic acids is 1. The number of alkyl halides is 3. The van der Waals surface area contributed by atoms with Crippen LogP contribution in [-0.4, -0.2) is 15.9 Å². The van der Waals surface area contributed by atoms with Gasteiger partial charge in [-0.1, -0.05) is 64.9 Å². The first kappa shape index (κ1) is 18.0. The fourth-order valence-electron chi connectivity index (χ4n) is 1.32. The highest BCUT2D eigenvalue weighted by molar-refractivity contribution is 6.68. The van der Waals surface area contributed by atoms with Crippen LogP contribution < -0.4 is 10.1 Å². The summed E-state index contributed by atoms with van der Waals surface area (Å²) in [5, 5.41) is 3.20. The van der Waals surface area contributed by atoms with Crippen LogP contribution in [0.15, 0.2) is 18.2 Å². The van der Waals surface area contributed by atoms with Gasteiger partial charge in [-0.3, -0.25) is 4.79 Å². The van der Waals surface area contributed by atoms with Crippen molar-refractivity contribution < 1.29 is 9.53 Å². The van der Waals surface area contributed by atoms with Crippen molar-refractivity contribution in [1.29, 1.82) is 0 Å². The third kappa shape index (κ3) is 5.74. The Bertz CT molecular complexity index is 475. The standard InChI is InChI=1S/C12H12Cl5NO2/c1-2-3-10(19)18-11(12(15,16)17)20-9-5-4-7(13)6-8(9)14/h4-6,11H,2-3H2,1H3,(H,18,19)/t11-/m1/s1. The van der Waals surface area contributed by atoms with E-state index >= 15 is 0 Å². The predicted octanol–water partition coefficient (Wildman–Crippen LogP) is 4.98. The molecule has 1 amide bonds. The zero-order valence-electron chi connectivity index (χ0n) is 10.4. The van der Waals surface area contributed by atoms with Crippen molar-refractivity contribution in [2.75, 3.05) is 0 Å². The van der Waals surface area contributed by atoms with Gasteiger partial charge in [-0.15, -0.1) is 0 Å². The maximum atomic E-state index is 11.6. The molecule has 0 radical (unpaired) electrons. The molecule has 0 aromatic heterocycles. The summed E-state index contributed by atoms with van der Waals surface area (Å²) in [6, 6.07) is 4.59. The largest absolute Gasteiger partial charge is 0.464 e. The minimum Gasteiger partial charge on any atom is -0.464 e. The molecule has 0 aliphatic rings. The summed E-state index contributed by atoms with van der Waals surface area (Å²) >= 11 is 29.1. The number of carbonyl (C=O) groups is 1. The third-order valence-corrected chi connectivity index (χ3v) is 3.33. The molecule has 1 atom stereocenters. The minimum absolute atomic E-state index is 0.251. The van der Waals surface area contributed by atoms with E-state index in [1.54, 1.807) is 6.07 Å². The van der Waals surface area contributed by atoms with Gasteiger partial charge in [0, 0.05) is 11.4 Å². The maximum Gasteiger partial charge on any atom is 0.246 e. The summed E-state index contributed by atoms with van der Waals surface area (Å²) < 4.78 is 3.62. The summed E-state index contributed by atoms with van der Waals surface area (Å²) in [5.74, 6) is -0.0295. The Balaban J connectivity index is 2.87. The molecule has 0 saturated heterocycles. The van der Waals surface area contributed by atoms with E-state index in [4.69, 9.17) is 62.7 Å². The molecule has 20 heavy (non-hydrogen) atoms. The van der Waals surface area contributed by atoms with E-state index in [2.05, 4.69) is 5.32 Å². The van der Waals surface area contributed by atoms with Crippen molar-refractivity contribution in [3.63, 3.8) is 0 Å². The molecule has 8 heteroatoms. The number of hydrogen-bond donors (Lipinski definition) is 1. The Morgan fingerprint density at radius 3 is 2.50 bits per heavy atom. The summed E-state index contributed by atoms with van der Waals surface area (Å²) in [5.41, 5.74) is 0. The van der Waals surface area contributed by atoms with E-state index in [-0.39, 0.29) is 16.7 Å². The van der Waals surface area contributed by atoms with Crippen LogP contribution in [0.1, 0.15) is 19.8 Å². The quantitative estimate of drug-likeness (QED) is 0.578. The molecule has 0 unspecified atom stereocenters. The van der Waals surface area contributed by atoms with Crippen LogP contribution in [0.2, 0.25) is 10.0 Å². The summed E-state index contributed by atoms with van der Waals surface area (Å²) in [7, 11) is 0. The Hall–Kier alpha value is -0.0600. The third-order valence-electron chi connectivity index (χ3n) is 2.21. The maximum absolute atomic E-state index is 11.6. The van der Waals surface area contributed by atoms with Crippen LogP contribution in [0, 0.1) is 0 Å². The van der Waals surface area contributed by atoms with E-state index in [0.29, 0.717) is 17.9 Å². The molecule has 0 bridgehead atoms. The van der Waals surface area contributed by atoms with Crippen LogP contribution in [0.3, 0.4) is 0 Å². The predicted molar refractivity (Wildman–Crippen MR) is 84.2 cm³/mol. The molecule has 0 heterocycles. The number of ether oxygens (including phenoxy) is 1. The number of amides is 1. The van der Waals surface area contributed by atoms with Crippen molar-refractivity contribution in [1.82, 2.24) is 5.32 Å². The molecule has 0 aliphatic heterocycles. The SMILES string of the molecule is CCCC(=O)N[C@H](Oc1ccc(Cl)cc1Cl)C(Cl)(Cl)Cl. The Kier molecular flexibility index (Phi) is 7.02. The van der Waals surface area contributed by atoms with Gasteiger partial charge in [0.15, 0.2) is 0 Å². The first-order chi connectivity index (χ1) is 9.24. The average Bonchev–Trinajstić information content (AvgIpc) is 2.30. The summed E-state index contributed by atoms with van der Waals surface area (Å²) in [6.45, 7) is 1.86. The van der Waals surface area contributed by atoms with Crippen LogP contribution in [0.25, 0.3) is 0 Å². The normalized spacial score (nSPS) is 12.9. The smallest absolute Gasteiger partial charge is 0.246 e. The topological polar surface area (TPSA) is 38.3 Å². The number of halogens is 5. The van der Waals surface area contributed by atoms with Gasteiger partial charge in [-0.25, -0.2) is 0 Å². The molecule has 3 nitrogen and oxygen atoms in total. The lowest BCUT2D eigenvalue weighted by atomic mass is 10.3. The van der Waals surface area contributed by atoms with E-state index in [1.807, 2.05) is 6.92 Å². The lowest BCUT2D eigenvalue weighted by molar-refractivity contribution is -0.123. The molecule has 0 fully saturated rings. The van der Waals surface area contributed by atoms with E-state index in [1.165, 1.54) is 12.1 Å². The van der Waals surface area contributed by atoms with Crippen molar-refractivity contribution in [3.05, 3.63) is 28.2 Å². The zero-order chi connectivity index (χ0) is 15.3. The summed E-state index contributed by atoms with van der Waals surface area (Å²) in [4.78, 5) is 11.6. The van der Waals surface area contributed by atoms with Gasteiger partial charge in [0.2, 0.25) is 15.9 Å². The van der Waals surface area contributed by atoms with Crippen molar-refractivity contribution in [2.24, 2.45) is 0 Å². The van der Waals surface area contributed by atoms with Crippen LogP contribution in [0.5, 0.6) is 5.75 Å². The highest BCUT2D eigenvalue weighted by Gasteiger charge is 2.36. The van der Waals surface area contributed by atoms with E-state index in [0.717, 1.165) is 0 Å². The minimum atomic E-state index is -1.84. The average molecular weight is 379 g/mol. The van der Waals surface area contributed by atoms with Gasteiger partial charge >= 0.3 is 0 Å². The number of hydrogen-bond acceptors (Lipinski definition) is 2. The van der Waals surface area contributed by atoms with E-state index < -0.39 is 10.0 Å². The fraction of sp³-hybridized carbons (Fsp3) is 0.417. The molecule has 1 rings (SSSR count). The van der Waals surface area contributed by atoms with Crippen LogP contribution in [0.4, 0.5) is 0 Å². The molecular weight excluding hydrogens is 367 g/mol. The molecule has 0 aliphatic carbocycles. The Labute approximate surface area is 142 Å². The van der Waals surface area contributed by atoms with Crippen molar-refractivity contribution in [2.45, 2.75) is 29.8 Å². The Morgan fingerprint density at radius 1 is 1.35 bits per heavy atom. The van der Waals surface area contributed by atoms with Crippen molar-refractivity contribution in [3.8, 4) is 5.75 Å². The first-order valence-electron chi connectivity index (χ1n) is 5.71. The zero-order valence-corrected chi connectivity index (χ0v) is 14.2. The van der Waals surface area contributed by atoms with Gasteiger partial charge in [0.25, 0.3) is 0 Å². The molecule has 1 aromatic rings. The van der Waals surface area contributed by atoms with Gasteiger partial charge in [0.05, 0.1) is 5.02 Å². The first-order valence-corrected chi connectivity index (χ1v) is 7.60. The molecule has 1 N–H and O–H groups in total. The van der Waals surface area contributed by atoms with Gasteiger partial charge in [-0.05, 0) is 24.6 Å². The van der Waals surface area contributed by atoms with Crippen LogP contribution >= 0.6 is 58.0 Å². The highest BCUT2D eigenvalue weighted by atomic mass is 35.6. The number of benzene rings is 1.